The zero-order valence-corrected chi connectivity index (χ0v) is 11.4. The van der Waals surface area contributed by atoms with Crippen LogP contribution >= 0.6 is 11.3 Å². The predicted molar refractivity (Wildman–Crippen MR) is 75.2 cm³/mol. The summed E-state index contributed by atoms with van der Waals surface area (Å²) in [7, 11) is 1.64. The molecule has 0 atom stereocenters. The van der Waals surface area contributed by atoms with E-state index >= 15 is 0 Å². The highest BCUT2D eigenvalue weighted by molar-refractivity contribution is 7.15. The van der Waals surface area contributed by atoms with Crippen molar-refractivity contribution >= 4 is 22.6 Å². The van der Waals surface area contributed by atoms with E-state index in [2.05, 4.69) is 4.98 Å². The summed E-state index contributed by atoms with van der Waals surface area (Å²) in [6, 6.07) is 5.76. The number of hydrogen-bond acceptors (Lipinski definition) is 4. The van der Waals surface area contributed by atoms with Gasteiger partial charge in [-0.05, 0) is 30.7 Å². The second kappa shape index (κ2) is 4.51. The lowest BCUT2D eigenvalue weighted by atomic mass is 10.0. The summed E-state index contributed by atoms with van der Waals surface area (Å²) in [5, 5.41) is 1.92. The van der Waals surface area contributed by atoms with Crippen LogP contribution in [-0.4, -0.2) is 22.8 Å². The van der Waals surface area contributed by atoms with Gasteiger partial charge in [-0.2, -0.15) is 0 Å². The molecule has 0 N–H and O–H groups in total. The standard InChI is InChI=1S/C14H12N2O2S/c1-9-7-10(18-2)3-4-11(9)13-12(8-17)16-5-6-19-14(16)15-13/h3-8H,1-2H3. The Morgan fingerprint density at radius 3 is 2.95 bits per heavy atom. The van der Waals surface area contributed by atoms with Gasteiger partial charge in [0, 0.05) is 17.1 Å². The summed E-state index contributed by atoms with van der Waals surface area (Å²) >= 11 is 1.51. The van der Waals surface area contributed by atoms with E-state index in [1.165, 1.54) is 11.3 Å². The number of aromatic nitrogens is 2. The summed E-state index contributed by atoms with van der Waals surface area (Å²) in [4.78, 5) is 16.7. The fourth-order valence-corrected chi connectivity index (χ4v) is 2.86. The van der Waals surface area contributed by atoms with Gasteiger partial charge in [0.1, 0.15) is 17.1 Å². The minimum Gasteiger partial charge on any atom is -0.497 e. The Balaban J connectivity index is 2.23. The molecule has 19 heavy (non-hydrogen) atoms. The molecule has 5 heteroatoms. The van der Waals surface area contributed by atoms with Crippen LogP contribution < -0.4 is 4.74 Å². The van der Waals surface area contributed by atoms with Crippen molar-refractivity contribution in [3.63, 3.8) is 0 Å². The molecule has 0 aliphatic rings. The van der Waals surface area contributed by atoms with Crippen molar-refractivity contribution < 1.29 is 9.53 Å². The molecular formula is C14H12N2O2S. The van der Waals surface area contributed by atoms with E-state index in [0.717, 1.165) is 33.8 Å². The fourth-order valence-electron chi connectivity index (χ4n) is 2.14. The smallest absolute Gasteiger partial charge is 0.194 e. The molecule has 3 aromatic rings. The van der Waals surface area contributed by atoms with Gasteiger partial charge in [-0.15, -0.1) is 11.3 Å². The summed E-state index contributed by atoms with van der Waals surface area (Å²) in [6.45, 7) is 1.99. The molecule has 0 radical (unpaired) electrons. The normalized spacial score (nSPS) is 10.8. The number of aldehydes is 1. The van der Waals surface area contributed by atoms with Gasteiger partial charge >= 0.3 is 0 Å². The van der Waals surface area contributed by atoms with Crippen molar-refractivity contribution in [3.05, 3.63) is 41.0 Å². The van der Waals surface area contributed by atoms with Crippen LogP contribution in [0.25, 0.3) is 16.2 Å². The highest BCUT2D eigenvalue weighted by atomic mass is 32.1. The maximum absolute atomic E-state index is 11.3. The SMILES string of the molecule is COc1ccc(-c2nc3sccn3c2C=O)c(C)c1. The summed E-state index contributed by atoms with van der Waals surface area (Å²) in [5.74, 6) is 0.801. The third kappa shape index (κ3) is 1.82. The lowest BCUT2D eigenvalue weighted by Gasteiger charge is -2.06. The van der Waals surface area contributed by atoms with Crippen LogP contribution in [0.15, 0.2) is 29.8 Å². The fraction of sp³-hybridized carbons (Fsp3) is 0.143. The molecule has 2 heterocycles. The van der Waals surface area contributed by atoms with Gasteiger partial charge in [0.25, 0.3) is 0 Å². The number of rotatable bonds is 3. The number of imidazole rings is 1. The summed E-state index contributed by atoms with van der Waals surface area (Å²) in [6.07, 6.45) is 2.71. The predicted octanol–water partition coefficient (Wildman–Crippen LogP) is 3.19. The quantitative estimate of drug-likeness (QED) is 0.688. The lowest BCUT2D eigenvalue weighted by Crippen LogP contribution is -1.92. The topological polar surface area (TPSA) is 43.6 Å². The molecule has 0 spiro atoms. The number of ether oxygens (including phenoxy) is 1. The first-order chi connectivity index (χ1) is 9.24. The zero-order valence-electron chi connectivity index (χ0n) is 10.6. The maximum Gasteiger partial charge on any atom is 0.194 e. The first-order valence-electron chi connectivity index (χ1n) is 5.80. The molecular weight excluding hydrogens is 260 g/mol. The lowest BCUT2D eigenvalue weighted by molar-refractivity contribution is 0.111. The maximum atomic E-state index is 11.3. The Kier molecular flexibility index (Phi) is 2.83. The molecule has 0 aliphatic heterocycles. The van der Waals surface area contributed by atoms with Crippen LogP contribution in [0.2, 0.25) is 0 Å². The van der Waals surface area contributed by atoms with Crippen LogP contribution in [0, 0.1) is 6.92 Å². The molecule has 0 bridgehead atoms. The summed E-state index contributed by atoms with van der Waals surface area (Å²) < 4.78 is 7.01. The second-order valence-corrected chi connectivity index (χ2v) is 5.07. The highest BCUT2D eigenvalue weighted by Crippen LogP contribution is 2.30. The third-order valence-electron chi connectivity index (χ3n) is 3.10. The van der Waals surface area contributed by atoms with Crippen molar-refractivity contribution in [2.75, 3.05) is 7.11 Å². The molecule has 1 aromatic carbocycles. The number of carbonyl (C=O) groups excluding carboxylic acids is 1. The average Bonchev–Trinajstić information content (AvgIpc) is 2.98. The Morgan fingerprint density at radius 2 is 2.26 bits per heavy atom. The van der Waals surface area contributed by atoms with E-state index in [-0.39, 0.29) is 0 Å². The molecule has 0 unspecified atom stereocenters. The zero-order chi connectivity index (χ0) is 13.4. The molecule has 0 amide bonds. The number of hydrogen-bond donors (Lipinski definition) is 0. The molecule has 4 nitrogen and oxygen atoms in total. The number of aryl methyl sites for hydroxylation is 1. The van der Waals surface area contributed by atoms with E-state index in [0.29, 0.717) is 5.69 Å². The number of carbonyl (C=O) groups is 1. The van der Waals surface area contributed by atoms with Gasteiger partial charge in [-0.3, -0.25) is 9.20 Å². The van der Waals surface area contributed by atoms with E-state index in [4.69, 9.17) is 4.74 Å². The van der Waals surface area contributed by atoms with Gasteiger partial charge in [0.2, 0.25) is 0 Å². The Bertz CT molecular complexity index is 758. The van der Waals surface area contributed by atoms with Crippen LogP contribution in [0.1, 0.15) is 16.1 Å². The Morgan fingerprint density at radius 1 is 1.42 bits per heavy atom. The number of benzene rings is 1. The Hall–Kier alpha value is -2.14. The molecule has 3 rings (SSSR count). The average molecular weight is 272 g/mol. The van der Waals surface area contributed by atoms with Crippen LogP contribution in [-0.2, 0) is 0 Å². The first kappa shape index (κ1) is 11.9. The van der Waals surface area contributed by atoms with Gasteiger partial charge < -0.3 is 4.74 Å². The van der Waals surface area contributed by atoms with Crippen molar-refractivity contribution in [1.82, 2.24) is 9.38 Å². The number of fused-ring (bicyclic) bond motifs is 1. The highest BCUT2D eigenvalue weighted by Gasteiger charge is 2.16. The first-order valence-corrected chi connectivity index (χ1v) is 6.68. The second-order valence-electron chi connectivity index (χ2n) is 4.20. The van der Waals surface area contributed by atoms with Gasteiger partial charge in [-0.25, -0.2) is 4.98 Å². The molecule has 2 aromatic heterocycles. The number of methoxy groups -OCH3 is 1. The van der Waals surface area contributed by atoms with Gasteiger partial charge in [0.05, 0.1) is 7.11 Å². The van der Waals surface area contributed by atoms with E-state index in [9.17, 15) is 4.79 Å². The monoisotopic (exact) mass is 272 g/mol. The molecule has 0 saturated heterocycles. The molecule has 96 valence electrons. The van der Waals surface area contributed by atoms with Crippen molar-refractivity contribution in [2.45, 2.75) is 6.92 Å². The largest absolute Gasteiger partial charge is 0.497 e. The van der Waals surface area contributed by atoms with Crippen molar-refractivity contribution in [1.29, 1.82) is 0 Å². The van der Waals surface area contributed by atoms with Gasteiger partial charge in [0.15, 0.2) is 11.2 Å². The van der Waals surface area contributed by atoms with Crippen LogP contribution in [0.4, 0.5) is 0 Å². The van der Waals surface area contributed by atoms with E-state index in [1.807, 2.05) is 41.1 Å². The minimum atomic E-state index is 0.588. The number of thiazole rings is 1. The minimum absolute atomic E-state index is 0.588. The van der Waals surface area contributed by atoms with Gasteiger partial charge in [-0.1, -0.05) is 0 Å². The van der Waals surface area contributed by atoms with E-state index < -0.39 is 0 Å². The van der Waals surface area contributed by atoms with E-state index in [1.54, 1.807) is 7.11 Å². The Labute approximate surface area is 114 Å². The van der Waals surface area contributed by atoms with Crippen LogP contribution in [0.5, 0.6) is 5.75 Å². The van der Waals surface area contributed by atoms with Crippen molar-refractivity contribution in [3.8, 4) is 17.0 Å². The van der Waals surface area contributed by atoms with Crippen molar-refractivity contribution in [2.24, 2.45) is 0 Å². The summed E-state index contributed by atoms with van der Waals surface area (Å²) in [5.41, 5.74) is 3.30. The molecule has 0 saturated carbocycles. The third-order valence-corrected chi connectivity index (χ3v) is 3.86. The molecule has 0 fully saturated rings. The van der Waals surface area contributed by atoms with Crippen LogP contribution in [0.3, 0.4) is 0 Å². The number of nitrogens with zero attached hydrogens (tertiary/aromatic N) is 2. The molecule has 0 aliphatic carbocycles.